The number of aliphatic imine (C=N–C) groups is 2. The van der Waals surface area contributed by atoms with Crippen molar-refractivity contribution in [3.8, 4) is 0 Å². The van der Waals surface area contributed by atoms with E-state index in [0.29, 0.717) is 41.6 Å². The first-order valence-electron chi connectivity index (χ1n) is 10.4. The van der Waals surface area contributed by atoms with Gasteiger partial charge < -0.3 is 25.9 Å². The minimum absolute atomic E-state index is 0.160. The fourth-order valence-corrected chi connectivity index (χ4v) is 2.74. The summed E-state index contributed by atoms with van der Waals surface area (Å²) >= 11 is 0. The highest BCUT2D eigenvalue weighted by molar-refractivity contribution is 5.92. The number of nitrogens with one attached hydrogen (secondary N) is 2. The first-order chi connectivity index (χ1) is 16.1. The van der Waals surface area contributed by atoms with Crippen LogP contribution >= 0.6 is 0 Å². The lowest BCUT2D eigenvalue weighted by atomic mass is 10.1. The molecule has 1 heterocycles. The number of nitrogens with zero attached hydrogens (tertiary/aromatic N) is 2. The number of ether oxygens (including phenoxy) is 2. The molecule has 0 fully saturated rings. The van der Waals surface area contributed by atoms with Gasteiger partial charge in [-0.15, -0.1) is 0 Å². The molecule has 4 N–H and O–H groups in total. The predicted molar refractivity (Wildman–Crippen MR) is 132 cm³/mol. The Morgan fingerprint density at radius 2 is 1.94 bits per heavy atom. The Hall–Kier alpha value is -4.20. The summed E-state index contributed by atoms with van der Waals surface area (Å²) in [5.41, 5.74) is 7.22. The third-order valence-electron chi connectivity index (χ3n) is 4.41. The molecule has 0 atom stereocenters. The van der Waals surface area contributed by atoms with E-state index in [1.54, 1.807) is 36.6 Å². The van der Waals surface area contributed by atoms with Crippen LogP contribution in [0.25, 0.3) is 0 Å². The van der Waals surface area contributed by atoms with E-state index in [-0.39, 0.29) is 6.79 Å². The van der Waals surface area contributed by atoms with E-state index in [1.165, 1.54) is 6.21 Å². The highest BCUT2D eigenvalue weighted by Gasteiger charge is 2.12. The lowest BCUT2D eigenvalue weighted by molar-refractivity contribution is 0.0778. The van der Waals surface area contributed by atoms with Crippen LogP contribution in [-0.4, -0.2) is 31.8 Å². The molecule has 0 spiro atoms. The summed E-state index contributed by atoms with van der Waals surface area (Å²) < 4.78 is 10.9. The second-order valence-corrected chi connectivity index (χ2v) is 6.76. The Morgan fingerprint density at radius 1 is 1.21 bits per heavy atom. The van der Waals surface area contributed by atoms with Crippen molar-refractivity contribution in [3.05, 3.63) is 94.9 Å². The number of primary amides is 1. The molecule has 2 rings (SSSR count). The van der Waals surface area contributed by atoms with Gasteiger partial charge in [-0.3, -0.25) is 9.79 Å². The van der Waals surface area contributed by atoms with Gasteiger partial charge in [0.1, 0.15) is 5.70 Å². The summed E-state index contributed by atoms with van der Waals surface area (Å²) in [7, 11) is 0. The summed E-state index contributed by atoms with van der Waals surface area (Å²) in [4.78, 5) is 19.9. The Labute approximate surface area is 194 Å². The molecule has 1 aliphatic rings. The zero-order chi connectivity index (χ0) is 23.9. The number of unbranched alkanes of at least 4 members (excludes halogenated alkanes) is 1. The van der Waals surface area contributed by atoms with Gasteiger partial charge in [0.25, 0.3) is 0 Å². The van der Waals surface area contributed by atoms with Crippen molar-refractivity contribution in [1.29, 1.82) is 5.41 Å². The van der Waals surface area contributed by atoms with Crippen molar-refractivity contribution < 1.29 is 14.3 Å². The maximum Gasteiger partial charge on any atom is 0.248 e. The van der Waals surface area contributed by atoms with Gasteiger partial charge in [-0.25, -0.2) is 4.99 Å². The quantitative estimate of drug-likeness (QED) is 0.239. The first-order valence-corrected chi connectivity index (χ1v) is 10.4. The molecule has 0 saturated carbocycles. The fraction of sp³-hybridized carbons (Fsp3) is 0.200. The molecule has 172 valence electrons. The fourth-order valence-electron chi connectivity index (χ4n) is 2.74. The maximum atomic E-state index is 11.3. The molecule has 8 heteroatoms. The Kier molecular flexibility index (Phi) is 10.6. The average molecular weight is 448 g/mol. The molecule has 0 aliphatic carbocycles. The molecule has 33 heavy (non-hydrogen) atoms. The molecule has 0 radical (unpaired) electrons. The van der Waals surface area contributed by atoms with Crippen molar-refractivity contribution in [2.45, 2.75) is 26.3 Å². The van der Waals surface area contributed by atoms with Crippen molar-refractivity contribution in [1.82, 2.24) is 5.32 Å². The lowest BCUT2D eigenvalue weighted by Crippen LogP contribution is -2.14. The number of rotatable bonds is 13. The average Bonchev–Trinajstić information content (AvgIpc) is 3.26. The van der Waals surface area contributed by atoms with Crippen LogP contribution in [0, 0.1) is 5.41 Å². The van der Waals surface area contributed by atoms with Crippen LogP contribution < -0.4 is 11.1 Å². The molecule has 8 nitrogen and oxygen atoms in total. The van der Waals surface area contributed by atoms with E-state index in [4.69, 9.17) is 20.6 Å². The second kappa shape index (κ2) is 14.0. The third-order valence-corrected chi connectivity index (χ3v) is 4.41. The van der Waals surface area contributed by atoms with Gasteiger partial charge in [0, 0.05) is 24.5 Å². The summed E-state index contributed by atoms with van der Waals surface area (Å²) in [6.45, 7) is 6.19. The molecule has 0 aromatic heterocycles. The number of hydrogen-bond donors (Lipinski definition) is 3. The standard InChI is InChI=1S/C25H29N5O3/c1-3-8-22-23(33-18-32-22)14-13-21(28-2)25(29-16-7-5-4-6-15-26)30-17-19-9-11-20(12-10-19)24(27)31/h3-4,6,8-16,26,30H,2,5,7,17-18H2,1H3,(H2,27,31)/b6-4-,8-3-,14-13+,25-21-,26-15?,29-16?. The zero-order valence-electron chi connectivity index (χ0n) is 18.7. The van der Waals surface area contributed by atoms with Crippen molar-refractivity contribution in [3.63, 3.8) is 0 Å². The van der Waals surface area contributed by atoms with Gasteiger partial charge in [-0.05, 0) is 68.5 Å². The van der Waals surface area contributed by atoms with E-state index in [0.717, 1.165) is 12.0 Å². The summed E-state index contributed by atoms with van der Waals surface area (Å²) in [5, 5.41) is 10.3. The van der Waals surface area contributed by atoms with Crippen LogP contribution in [0.2, 0.25) is 0 Å². The molecule has 1 aliphatic heterocycles. The zero-order valence-corrected chi connectivity index (χ0v) is 18.7. The Morgan fingerprint density at radius 3 is 2.58 bits per heavy atom. The van der Waals surface area contributed by atoms with E-state index in [9.17, 15) is 4.79 Å². The first kappa shape index (κ1) is 25.1. The van der Waals surface area contributed by atoms with Crippen LogP contribution in [0.15, 0.2) is 93.7 Å². The third kappa shape index (κ3) is 8.45. The van der Waals surface area contributed by atoms with Crippen molar-refractivity contribution >= 4 is 25.1 Å². The molecule has 1 amide bonds. The van der Waals surface area contributed by atoms with Gasteiger partial charge in [0.15, 0.2) is 17.3 Å². The van der Waals surface area contributed by atoms with E-state index >= 15 is 0 Å². The summed E-state index contributed by atoms with van der Waals surface area (Å²) in [6, 6.07) is 7.01. The molecule has 0 saturated heterocycles. The van der Waals surface area contributed by atoms with Crippen LogP contribution in [0.3, 0.4) is 0 Å². The normalized spacial score (nSPS) is 14.7. The van der Waals surface area contributed by atoms with Crippen LogP contribution in [0.5, 0.6) is 0 Å². The number of amides is 1. The summed E-state index contributed by atoms with van der Waals surface area (Å²) in [5.74, 6) is 1.30. The highest BCUT2D eigenvalue weighted by Crippen LogP contribution is 2.20. The maximum absolute atomic E-state index is 11.3. The van der Waals surface area contributed by atoms with E-state index < -0.39 is 5.91 Å². The molecular formula is C25H29N5O3. The number of nitrogens with two attached hydrogens (primary N) is 1. The minimum Gasteiger partial charge on any atom is -0.454 e. The largest absolute Gasteiger partial charge is 0.454 e. The number of carbonyl (C=O) groups is 1. The van der Waals surface area contributed by atoms with Gasteiger partial charge >= 0.3 is 0 Å². The molecule has 0 bridgehead atoms. The number of hydrogen-bond acceptors (Lipinski definition) is 7. The topological polar surface area (TPSA) is 122 Å². The monoisotopic (exact) mass is 447 g/mol. The Balaban J connectivity index is 2.23. The van der Waals surface area contributed by atoms with Gasteiger partial charge in [-0.2, -0.15) is 0 Å². The molecule has 1 aromatic carbocycles. The molecular weight excluding hydrogens is 418 g/mol. The number of carbonyl (C=O) groups excluding carboxylic acids is 1. The SMILES string of the molecule is C=NC(/C=C/C1=C(/C=C\C)OCO1)=C(/N=CCC/C=C\C=N)NCc1ccc(C(N)=O)cc1. The highest BCUT2D eigenvalue weighted by atomic mass is 16.7. The van der Waals surface area contributed by atoms with E-state index in [2.05, 4.69) is 22.0 Å². The van der Waals surface area contributed by atoms with Gasteiger partial charge in [-0.1, -0.05) is 24.3 Å². The molecule has 0 unspecified atom stereocenters. The Bertz CT molecular complexity index is 1010. The summed E-state index contributed by atoms with van der Waals surface area (Å²) in [6.07, 6.45) is 15.3. The second-order valence-electron chi connectivity index (χ2n) is 6.76. The minimum atomic E-state index is -0.468. The van der Waals surface area contributed by atoms with Crippen molar-refractivity contribution in [2.75, 3.05) is 6.79 Å². The predicted octanol–water partition coefficient (Wildman–Crippen LogP) is 4.15. The van der Waals surface area contributed by atoms with Gasteiger partial charge in [0.2, 0.25) is 12.7 Å². The van der Waals surface area contributed by atoms with Gasteiger partial charge in [0.05, 0.1) is 0 Å². The van der Waals surface area contributed by atoms with Crippen LogP contribution in [-0.2, 0) is 16.0 Å². The van der Waals surface area contributed by atoms with Crippen LogP contribution in [0.1, 0.15) is 35.7 Å². The smallest absolute Gasteiger partial charge is 0.248 e. The lowest BCUT2D eigenvalue weighted by Gasteiger charge is -2.09. The van der Waals surface area contributed by atoms with Crippen LogP contribution in [0.4, 0.5) is 0 Å². The number of benzene rings is 1. The molecule has 1 aromatic rings. The van der Waals surface area contributed by atoms with Crippen molar-refractivity contribution in [2.24, 2.45) is 15.7 Å². The van der Waals surface area contributed by atoms with E-state index in [1.807, 2.05) is 37.3 Å². The number of allylic oxidation sites excluding steroid dienone is 6.